The molecule has 0 aliphatic rings. The van der Waals surface area contributed by atoms with Gasteiger partial charge in [0.25, 0.3) is 0 Å². The van der Waals surface area contributed by atoms with Gasteiger partial charge >= 0.3 is 6.18 Å². The van der Waals surface area contributed by atoms with Crippen molar-refractivity contribution < 1.29 is 13.2 Å². The van der Waals surface area contributed by atoms with Crippen LogP contribution in [0, 0.1) is 13.8 Å². The summed E-state index contributed by atoms with van der Waals surface area (Å²) in [7, 11) is 0. The molecule has 0 amide bonds. The number of alkyl halides is 3. The lowest BCUT2D eigenvalue weighted by atomic mass is 10.2. The number of hydrogen-bond donors (Lipinski definition) is 0. The Bertz CT molecular complexity index is 518. The van der Waals surface area contributed by atoms with E-state index in [1.165, 1.54) is 12.1 Å². The normalized spacial score (nSPS) is 11.8. The summed E-state index contributed by atoms with van der Waals surface area (Å²) in [6.45, 7) is 3.74. The molecule has 1 nitrogen and oxygen atoms in total. The first kappa shape index (κ1) is 11.8. The molecule has 4 heteroatoms. The monoisotopic (exact) mass is 239 g/mol. The van der Waals surface area contributed by atoms with Crippen molar-refractivity contribution >= 4 is 0 Å². The first-order valence-electron chi connectivity index (χ1n) is 5.22. The minimum atomic E-state index is -4.30. The molecule has 2 aromatic rings. The lowest BCUT2D eigenvalue weighted by Gasteiger charge is -2.12. The third-order valence-corrected chi connectivity index (χ3v) is 2.70. The van der Waals surface area contributed by atoms with Crippen molar-refractivity contribution in [3.05, 3.63) is 53.3 Å². The van der Waals surface area contributed by atoms with Gasteiger partial charge in [0.2, 0.25) is 0 Å². The molecule has 0 aliphatic heterocycles. The zero-order valence-corrected chi connectivity index (χ0v) is 9.55. The second-order valence-electron chi connectivity index (χ2n) is 4.00. The van der Waals surface area contributed by atoms with Crippen LogP contribution >= 0.6 is 0 Å². The molecule has 1 heterocycles. The Morgan fingerprint density at radius 2 is 1.53 bits per heavy atom. The number of rotatable bonds is 1. The number of hydrogen-bond acceptors (Lipinski definition) is 0. The Kier molecular flexibility index (Phi) is 2.73. The fourth-order valence-electron chi connectivity index (χ4n) is 1.90. The van der Waals surface area contributed by atoms with E-state index in [1.807, 2.05) is 26.0 Å². The van der Waals surface area contributed by atoms with Crippen molar-refractivity contribution in [3.8, 4) is 5.69 Å². The molecule has 0 atom stereocenters. The van der Waals surface area contributed by atoms with E-state index in [2.05, 4.69) is 0 Å². The fraction of sp³-hybridized carbons (Fsp3) is 0.231. The van der Waals surface area contributed by atoms with E-state index >= 15 is 0 Å². The quantitative estimate of drug-likeness (QED) is 0.705. The minimum absolute atomic E-state index is 0.542. The van der Waals surface area contributed by atoms with Gasteiger partial charge in [-0.25, -0.2) is 0 Å². The first-order chi connectivity index (χ1) is 7.89. The summed E-state index contributed by atoms with van der Waals surface area (Å²) in [6, 6.07) is 9.12. The second-order valence-corrected chi connectivity index (χ2v) is 4.00. The van der Waals surface area contributed by atoms with E-state index in [9.17, 15) is 13.2 Å². The Balaban J connectivity index is 2.55. The van der Waals surface area contributed by atoms with Crippen LogP contribution in [-0.4, -0.2) is 4.57 Å². The molecule has 0 radical (unpaired) electrons. The molecule has 90 valence electrons. The summed E-state index contributed by atoms with van der Waals surface area (Å²) in [6.07, 6.45) is -4.30. The van der Waals surface area contributed by atoms with Gasteiger partial charge in [-0.15, -0.1) is 0 Å². The Morgan fingerprint density at radius 1 is 0.941 bits per heavy atom. The van der Waals surface area contributed by atoms with E-state index in [1.54, 1.807) is 10.6 Å². The Morgan fingerprint density at radius 3 is 2.06 bits per heavy atom. The Hall–Kier alpha value is -1.71. The molecule has 1 aromatic heterocycles. The van der Waals surface area contributed by atoms with Crippen molar-refractivity contribution in [2.45, 2.75) is 20.0 Å². The molecule has 0 saturated carbocycles. The van der Waals surface area contributed by atoms with Gasteiger partial charge in [0.15, 0.2) is 0 Å². The standard InChI is InChI=1S/C13H12F3N/c1-9-6-7-10(2)17(9)12-5-3-4-11(8-12)13(14,15)16/h3-8H,1-2H3. The van der Waals surface area contributed by atoms with E-state index < -0.39 is 11.7 Å². The molecule has 0 aliphatic carbocycles. The maximum atomic E-state index is 12.6. The van der Waals surface area contributed by atoms with Gasteiger partial charge in [-0.05, 0) is 44.2 Å². The van der Waals surface area contributed by atoms with E-state index in [4.69, 9.17) is 0 Å². The summed E-state index contributed by atoms with van der Waals surface area (Å²) in [5, 5.41) is 0. The highest BCUT2D eigenvalue weighted by Crippen LogP contribution is 2.30. The highest BCUT2D eigenvalue weighted by Gasteiger charge is 2.30. The van der Waals surface area contributed by atoms with Gasteiger partial charge < -0.3 is 4.57 Å². The summed E-state index contributed by atoms with van der Waals surface area (Å²) < 4.78 is 39.6. The molecule has 1 aromatic carbocycles. The summed E-state index contributed by atoms with van der Waals surface area (Å²) in [5.74, 6) is 0. The molecule has 0 unspecified atom stereocenters. The third kappa shape index (κ3) is 2.20. The average molecular weight is 239 g/mol. The summed E-state index contributed by atoms with van der Waals surface area (Å²) >= 11 is 0. The van der Waals surface area contributed by atoms with Crippen LogP contribution in [0.5, 0.6) is 0 Å². The molecule has 0 fully saturated rings. The van der Waals surface area contributed by atoms with Crippen LogP contribution in [0.4, 0.5) is 13.2 Å². The highest BCUT2D eigenvalue weighted by molar-refractivity contribution is 5.41. The highest BCUT2D eigenvalue weighted by atomic mass is 19.4. The summed E-state index contributed by atoms with van der Waals surface area (Å²) in [5.41, 5.74) is 1.76. The fourth-order valence-corrected chi connectivity index (χ4v) is 1.90. The maximum absolute atomic E-state index is 12.6. The van der Waals surface area contributed by atoms with Crippen molar-refractivity contribution in [2.75, 3.05) is 0 Å². The van der Waals surface area contributed by atoms with Gasteiger partial charge in [-0.2, -0.15) is 13.2 Å². The molecule has 0 spiro atoms. The van der Waals surface area contributed by atoms with Gasteiger partial charge in [0.05, 0.1) is 5.56 Å². The van der Waals surface area contributed by atoms with E-state index in [-0.39, 0.29) is 0 Å². The molecule has 2 rings (SSSR count). The lowest BCUT2D eigenvalue weighted by molar-refractivity contribution is -0.137. The summed E-state index contributed by atoms with van der Waals surface area (Å²) in [4.78, 5) is 0. The number of benzene rings is 1. The van der Waals surface area contributed by atoms with Gasteiger partial charge in [0, 0.05) is 17.1 Å². The molecule has 17 heavy (non-hydrogen) atoms. The van der Waals surface area contributed by atoms with E-state index in [0.717, 1.165) is 17.5 Å². The number of aryl methyl sites for hydroxylation is 2. The predicted molar refractivity (Wildman–Crippen MR) is 60.2 cm³/mol. The predicted octanol–water partition coefficient (Wildman–Crippen LogP) is 4.11. The molecule has 0 bridgehead atoms. The molecule has 0 N–H and O–H groups in total. The van der Waals surface area contributed by atoms with Crippen LogP contribution in [0.15, 0.2) is 36.4 Å². The number of aromatic nitrogens is 1. The number of nitrogens with zero attached hydrogens (tertiary/aromatic N) is 1. The Labute approximate surface area is 97.5 Å². The lowest BCUT2D eigenvalue weighted by Crippen LogP contribution is -2.07. The van der Waals surface area contributed by atoms with E-state index in [0.29, 0.717) is 5.69 Å². The van der Waals surface area contributed by atoms with Crippen molar-refractivity contribution in [3.63, 3.8) is 0 Å². The van der Waals surface area contributed by atoms with Crippen LogP contribution in [-0.2, 0) is 6.18 Å². The van der Waals surface area contributed by atoms with Gasteiger partial charge in [-0.3, -0.25) is 0 Å². The van der Waals surface area contributed by atoms with Crippen LogP contribution in [0.1, 0.15) is 17.0 Å². The van der Waals surface area contributed by atoms with Gasteiger partial charge in [-0.1, -0.05) is 6.07 Å². The van der Waals surface area contributed by atoms with Crippen molar-refractivity contribution in [1.29, 1.82) is 0 Å². The zero-order valence-electron chi connectivity index (χ0n) is 9.55. The largest absolute Gasteiger partial charge is 0.416 e. The topological polar surface area (TPSA) is 4.93 Å². The van der Waals surface area contributed by atoms with Crippen LogP contribution < -0.4 is 0 Å². The minimum Gasteiger partial charge on any atom is -0.319 e. The van der Waals surface area contributed by atoms with Crippen LogP contribution in [0.3, 0.4) is 0 Å². The third-order valence-electron chi connectivity index (χ3n) is 2.70. The maximum Gasteiger partial charge on any atom is 0.416 e. The zero-order chi connectivity index (χ0) is 12.6. The SMILES string of the molecule is Cc1ccc(C)n1-c1cccc(C(F)(F)F)c1. The molecular formula is C13H12F3N. The van der Waals surface area contributed by atoms with Crippen LogP contribution in [0.2, 0.25) is 0 Å². The van der Waals surface area contributed by atoms with Gasteiger partial charge in [0.1, 0.15) is 0 Å². The molecule has 0 saturated heterocycles. The second kappa shape index (κ2) is 3.95. The smallest absolute Gasteiger partial charge is 0.319 e. The average Bonchev–Trinajstić information content (AvgIpc) is 2.57. The number of halogens is 3. The van der Waals surface area contributed by atoms with Crippen LogP contribution in [0.25, 0.3) is 5.69 Å². The first-order valence-corrected chi connectivity index (χ1v) is 5.22. The van der Waals surface area contributed by atoms with Crippen molar-refractivity contribution in [1.82, 2.24) is 4.57 Å². The molecular weight excluding hydrogens is 227 g/mol. The van der Waals surface area contributed by atoms with Crippen molar-refractivity contribution in [2.24, 2.45) is 0 Å².